The van der Waals surface area contributed by atoms with Gasteiger partial charge in [0, 0.05) is 10.9 Å². The number of hydrogen-bond acceptors (Lipinski definition) is 3. The number of thiazole rings is 1. The Morgan fingerprint density at radius 2 is 1.88 bits per heavy atom. The van der Waals surface area contributed by atoms with E-state index in [0.717, 1.165) is 4.80 Å². The summed E-state index contributed by atoms with van der Waals surface area (Å²) in [6.45, 7) is 6.40. The van der Waals surface area contributed by atoms with Gasteiger partial charge in [0.15, 0.2) is 0 Å². The second-order valence-corrected chi connectivity index (χ2v) is 5.43. The van der Waals surface area contributed by atoms with Crippen LogP contribution in [0.25, 0.3) is 11.3 Å². The highest BCUT2D eigenvalue weighted by molar-refractivity contribution is 7.09. The van der Waals surface area contributed by atoms with Gasteiger partial charge >= 0.3 is 0 Å². The minimum absolute atomic E-state index is 0.345. The third kappa shape index (κ3) is 2.13. The fourth-order valence-electron chi connectivity index (χ4n) is 2.01. The van der Waals surface area contributed by atoms with Crippen molar-refractivity contribution < 1.29 is 0 Å². The molecule has 1 aromatic heterocycles. The highest BCUT2D eigenvalue weighted by Gasteiger charge is 2.14. The minimum atomic E-state index is 0.345. The van der Waals surface area contributed by atoms with Crippen LogP contribution in [0.4, 0.5) is 0 Å². The topological polar surface area (TPSA) is 43.3 Å². The van der Waals surface area contributed by atoms with Gasteiger partial charge in [0.05, 0.1) is 5.69 Å². The van der Waals surface area contributed by atoms with Crippen molar-refractivity contribution in [3.05, 3.63) is 40.0 Å². The van der Waals surface area contributed by atoms with Gasteiger partial charge in [0.1, 0.15) is 0 Å². The van der Waals surface area contributed by atoms with Crippen LogP contribution in [0, 0.1) is 6.92 Å². The lowest BCUT2D eigenvalue weighted by molar-refractivity contribution is 0.586. The molecule has 0 aliphatic heterocycles. The summed E-state index contributed by atoms with van der Waals surface area (Å²) in [5.74, 6) is 5.46. The average molecular weight is 247 g/mol. The van der Waals surface area contributed by atoms with E-state index in [9.17, 15) is 0 Å². The molecule has 2 aromatic rings. The average Bonchev–Trinajstić information content (AvgIpc) is 2.67. The van der Waals surface area contributed by atoms with E-state index >= 15 is 0 Å². The monoisotopic (exact) mass is 247 g/mol. The van der Waals surface area contributed by atoms with Crippen LogP contribution in [0.2, 0.25) is 0 Å². The Labute approximate surface area is 105 Å². The summed E-state index contributed by atoms with van der Waals surface area (Å²) < 4.78 is 2.19. The van der Waals surface area contributed by atoms with Gasteiger partial charge in [0.2, 0.25) is 4.80 Å². The van der Waals surface area contributed by atoms with Crippen LogP contribution in [0.3, 0.4) is 0 Å². The van der Waals surface area contributed by atoms with Crippen molar-refractivity contribution in [1.82, 2.24) is 4.57 Å². The number of rotatable bonds is 2. The molecule has 90 valence electrons. The molecule has 0 aliphatic carbocycles. The van der Waals surface area contributed by atoms with Gasteiger partial charge in [-0.1, -0.05) is 41.7 Å². The normalized spacial score (nSPS) is 12.4. The van der Waals surface area contributed by atoms with Crippen LogP contribution < -0.4 is 10.6 Å². The third-order valence-corrected chi connectivity index (χ3v) is 3.68. The molecular formula is C13H17N3S. The van der Waals surface area contributed by atoms with E-state index in [-0.39, 0.29) is 0 Å². The molecule has 0 radical (unpaired) electrons. The smallest absolute Gasteiger partial charge is 0.208 e. The quantitative estimate of drug-likeness (QED) is 0.643. The summed E-state index contributed by atoms with van der Waals surface area (Å²) in [5, 5.41) is 3.88. The molecule has 0 bridgehead atoms. The Bertz CT molecular complexity index is 564. The van der Waals surface area contributed by atoms with Crippen LogP contribution >= 0.6 is 11.3 Å². The maximum Gasteiger partial charge on any atom is 0.208 e. The largest absolute Gasteiger partial charge is 0.320 e. The van der Waals surface area contributed by atoms with Crippen LogP contribution in [-0.2, 0) is 0 Å². The molecule has 0 aliphatic rings. The maximum absolute atomic E-state index is 5.46. The Balaban J connectivity index is 2.74. The molecule has 0 spiro atoms. The Morgan fingerprint density at radius 1 is 1.24 bits per heavy atom. The first-order valence-electron chi connectivity index (χ1n) is 5.66. The number of nitrogens with zero attached hydrogens (tertiary/aromatic N) is 2. The summed E-state index contributed by atoms with van der Waals surface area (Å²) in [5.41, 5.74) is 2.43. The van der Waals surface area contributed by atoms with Gasteiger partial charge in [-0.05, 0) is 26.3 Å². The van der Waals surface area contributed by atoms with E-state index in [0.29, 0.717) is 6.04 Å². The van der Waals surface area contributed by atoms with E-state index in [2.05, 4.69) is 54.7 Å². The van der Waals surface area contributed by atoms with Gasteiger partial charge < -0.3 is 10.4 Å². The molecule has 2 N–H and O–H groups in total. The molecule has 4 heteroatoms. The molecule has 0 amide bonds. The first kappa shape index (κ1) is 11.9. The minimum Gasteiger partial charge on any atom is -0.320 e. The highest BCUT2D eigenvalue weighted by Crippen LogP contribution is 2.27. The number of hydrogen-bond donors (Lipinski definition) is 1. The molecule has 0 unspecified atom stereocenters. The molecule has 1 heterocycles. The Kier molecular flexibility index (Phi) is 3.33. The molecule has 0 atom stereocenters. The molecule has 17 heavy (non-hydrogen) atoms. The first-order valence-corrected chi connectivity index (χ1v) is 6.48. The predicted molar refractivity (Wildman–Crippen MR) is 72.6 cm³/mol. The summed E-state index contributed by atoms with van der Waals surface area (Å²) in [6, 6.07) is 10.7. The zero-order valence-electron chi connectivity index (χ0n) is 10.3. The molecule has 0 saturated heterocycles. The van der Waals surface area contributed by atoms with Crippen molar-refractivity contribution in [3.63, 3.8) is 0 Å². The standard InChI is InChI=1S/C13H17N3S/c1-9(2)16-12(10(3)17-13(16)15-14)11-7-5-4-6-8-11/h4-9H,14H2,1-3H3/b15-13-. The lowest BCUT2D eigenvalue weighted by Gasteiger charge is -2.13. The van der Waals surface area contributed by atoms with Crippen molar-refractivity contribution in [1.29, 1.82) is 0 Å². The summed E-state index contributed by atoms with van der Waals surface area (Å²) in [4.78, 5) is 2.12. The van der Waals surface area contributed by atoms with E-state index in [1.807, 2.05) is 6.07 Å². The van der Waals surface area contributed by atoms with Crippen molar-refractivity contribution >= 4 is 11.3 Å². The van der Waals surface area contributed by atoms with E-state index < -0.39 is 0 Å². The lowest BCUT2D eigenvalue weighted by Crippen LogP contribution is -2.19. The second-order valence-electron chi connectivity index (χ2n) is 4.25. The van der Waals surface area contributed by atoms with E-state index in [1.54, 1.807) is 11.3 Å². The van der Waals surface area contributed by atoms with Crippen molar-refractivity contribution in [3.8, 4) is 11.3 Å². The molecular weight excluding hydrogens is 230 g/mol. The maximum atomic E-state index is 5.46. The second kappa shape index (κ2) is 4.75. The van der Waals surface area contributed by atoms with Crippen LogP contribution in [0.1, 0.15) is 24.8 Å². The summed E-state index contributed by atoms with van der Waals surface area (Å²) in [6.07, 6.45) is 0. The molecule has 1 aromatic carbocycles. The Morgan fingerprint density at radius 3 is 2.41 bits per heavy atom. The molecule has 3 nitrogen and oxygen atoms in total. The number of aromatic nitrogens is 1. The van der Waals surface area contributed by atoms with Crippen molar-refractivity contribution in [2.45, 2.75) is 26.8 Å². The molecule has 0 saturated carbocycles. The van der Waals surface area contributed by atoms with E-state index in [1.165, 1.54) is 16.1 Å². The van der Waals surface area contributed by atoms with Crippen molar-refractivity contribution in [2.75, 3.05) is 0 Å². The van der Waals surface area contributed by atoms with Crippen LogP contribution in [0.5, 0.6) is 0 Å². The van der Waals surface area contributed by atoms with Crippen LogP contribution in [0.15, 0.2) is 35.4 Å². The lowest BCUT2D eigenvalue weighted by atomic mass is 10.1. The van der Waals surface area contributed by atoms with Gasteiger partial charge in [-0.2, -0.15) is 5.10 Å². The third-order valence-electron chi connectivity index (χ3n) is 2.70. The Hall–Kier alpha value is -1.55. The fraction of sp³-hybridized carbons (Fsp3) is 0.308. The highest BCUT2D eigenvalue weighted by atomic mass is 32.1. The van der Waals surface area contributed by atoms with Gasteiger partial charge in [-0.15, -0.1) is 0 Å². The number of aryl methyl sites for hydroxylation is 1. The van der Waals surface area contributed by atoms with E-state index in [4.69, 9.17) is 5.84 Å². The molecule has 2 rings (SSSR count). The van der Waals surface area contributed by atoms with Crippen molar-refractivity contribution in [2.24, 2.45) is 10.9 Å². The van der Waals surface area contributed by atoms with Gasteiger partial charge in [0.25, 0.3) is 0 Å². The SMILES string of the molecule is Cc1s/c(=N\N)n(C(C)C)c1-c1ccccc1. The number of nitrogens with two attached hydrogens (primary N) is 1. The summed E-state index contributed by atoms with van der Waals surface area (Å²) >= 11 is 1.64. The van der Waals surface area contributed by atoms with Crippen LogP contribution in [-0.4, -0.2) is 4.57 Å². The van der Waals surface area contributed by atoms with Gasteiger partial charge in [-0.3, -0.25) is 0 Å². The predicted octanol–water partition coefficient (Wildman–Crippen LogP) is 2.88. The fourth-order valence-corrected chi connectivity index (χ4v) is 3.05. The number of benzene rings is 1. The van der Waals surface area contributed by atoms with Gasteiger partial charge in [-0.25, -0.2) is 0 Å². The zero-order valence-corrected chi connectivity index (χ0v) is 11.2. The molecule has 0 fully saturated rings. The zero-order chi connectivity index (χ0) is 12.4. The first-order chi connectivity index (χ1) is 8.15. The summed E-state index contributed by atoms with van der Waals surface area (Å²) in [7, 11) is 0.